The van der Waals surface area contributed by atoms with Crippen LogP contribution in [0.5, 0.6) is 0 Å². The number of carbonyl (C=O) groups excluding carboxylic acids is 3. The lowest BCUT2D eigenvalue weighted by Crippen LogP contribution is -2.70. The van der Waals surface area contributed by atoms with Gasteiger partial charge in [-0.05, 0) is 112 Å². The van der Waals surface area contributed by atoms with Crippen molar-refractivity contribution < 1.29 is 143 Å². The molecule has 5 heterocycles. The highest BCUT2D eigenvalue weighted by Gasteiger charge is 2.73. The quantitative estimate of drug-likeness (QED) is 0.0372. The number of rotatable bonds is 14. The van der Waals surface area contributed by atoms with Crippen molar-refractivity contribution in [2.45, 2.75) is 293 Å². The highest BCUT2D eigenvalue weighted by Crippen LogP contribution is 2.76. The third-order valence-electron chi connectivity index (χ3n) is 23.7. The number of ether oxygens (including phenoxy) is 12. The largest absolute Gasteiger partial charge is 0.457 e. The van der Waals surface area contributed by atoms with Crippen LogP contribution in [0.4, 0.5) is 0 Å². The monoisotopic (exact) mass is 1320 g/mol. The fourth-order valence-electron chi connectivity index (χ4n) is 18.5. The van der Waals surface area contributed by atoms with Gasteiger partial charge in [0.15, 0.2) is 43.5 Å². The average Bonchev–Trinajstić information content (AvgIpc) is 0.671. The predicted molar refractivity (Wildman–Crippen MR) is 308 cm³/mol. The Bertz CT molecular complexity index is 2670. The molecule has 35 atom stereocenters. The normalized spacial score (nSPS) is 53.4. The van der Waals surface area contributed by atoms with Crippen molar-refractivity contribution in [3.63, 3.8) is 0 Å². The van der Waals surface area contributed by atoms with Crippen LogP contribution >= 0.6 is 0 Å². The summed E-state index contributed by atoms with van der Waals surface area (Å²) in [6.45, 7) is 17.2. The van der Waals surface area contributed by atoms with Gasteiger partial charge in [0, 0.05) is 19.3 Å². The summed E-state index contributed by atoms with van der Waals surface area (Å²) in [5, 5.41) is 157. The van der Waals surface area contributed by atoms with E-state index in [4.69, 9.17) is 56.8 Å². The van der Waals surface area contributed by atoms with Gasteiger partial charge in [-0.1, -0.05) is 53.2 Å². The first-order chi connectivity index (χ1) is 42.9. The van der Waals surface area contributed by atoms with Gasteiger partial charge in [-0.15, -0.1) is 0 Å². The number of allylic oxidation sites excluding steroid dienone is 2. The average molecular weight is 1320 g/mol. The number of carbonyl (C=O) groups is 3. The third kappa shape index (κ3) is 12.1. The summed E-state index contributed by atoms with van der Waals surface area (Å²) in [6, 6.07) is 0. The van der Waals surface area contributed by atoms with E-state index in [1.54, 1.807) is 0 Å². The Labute approximate surface area is 534 Å². The van der Waals surface area contributed by atoms with Crippen LogP contribution in [0, 0.1) is 50.2 Å². The Morgan fingerprint density at radius 3 is 1.75 bits per heavy atom. The SMILES string of the molecule is CC(=O)O[C@@H]1[C@H](O)[C@@H](O[C@@H]2O[C@@H](C)[C@H](O[C@@H]3OC[C@@H](O)[C@H](O[C@@H]4O[C@@H](C)[C@H](O)[C@@H](O)[C@H]4O)[C@H]3O)[C@@H](O)[C@H]2OC(C)=O)[C@H](OC(=O)[C@]23CCC(C)(C)C[C@H]2C2=CC[C@@H]4[C@@]5(C)C[C@H](O)[C@H](O[C@@H]6O[C@H](CO)[C@@H](O)[C@H](O)[C@H]6O)[C@@](C)(CO)[C@@H]5CC[C@@]4(C)[C@]2(C)C[C@H]3O)O[C@@H]1C. The van der Waals surface area contributed by atoms with Crippen LogP contribution < -0.4 is 0 Å². The van der Waals surface area contributed by atoms with E-state index in [9.17, 15) is 81.1 Å². The van der Waals surface area contributed by atoms with Crippen molar-refractivity contribution >= 4 is 17.9 Å². The van der Waals surface area contributed by atoms with E-state index in [-0.39, 0.29) is 36.5 Å². The molecule has 0 unspecified atom stereocenters. The van der Waals surface area contributed by atoms with Gasteiger partial charge in [-0.2, -0.15) is 0 Å². The van der Waals surface area contributed by atoms with Crippen molar-refractivity contribution in [2.24, 2.45) is 50.2 Å². The molecule has 10 rings (SSSR count). The minimum Gasteiger partial charge on any atom is -0.457 e. The lowest BCUT2D eigenvalue weighted by molar-refractivity contribution is -0.380. The van der Waals surface area contributed by atoms with Crippen molar-refractivity contribution in [1.82, 2.24) is 0 Å². The molecule has 0 spiro atoms. The number of fused-ring (bicyclic) bond motifs is 7. The highest BCUT2D eigenvalue weighted by atomic mass is 16.8. The molecule has 5 aliphatic carbocycles. The fraction of sp³-hybridized carbons (Fsp3) is 0.921. The highest BCUT2D eigenvalue weighted by molar-refractivity contribution is 5.80. The van der Waals surface area contributed by atoms with Crippen LogP contribution in [-0.2, 0) is 71.2 Å². The zero-order valence-electron chi connectivity index (χ0n) is 54.1. The van der Waals surface area contributed by atoms with E-state index in [0.29, 0.717) is 32.1 Å². The maximum atomic E-state index is 15.8. The van der Waals surface area contributed by atoms with Gasteiger partial charge >= 0.3 is 17.9 Å². The van der Waals surface area contributed by atoms with E-state index < -0.39 is 236 Å². The summed E-state index contributed by atoms with van der Waals surface area (Å²) in [6.07, 6.45) is -37.6. The van der Waals surface area contributed by atoms with Crippen molar-refractivity contribution in [2.75, 3.05) is 19.8 Å². The van der Waals surface area contributed by atoms with Crippen LogP contribution in [0.15, 0.2) is 11.6 Å². The maximum Gasteiger partial charge on any atom is 0.317 e. The van der Waals surface area contributed by atoms with E-state index in [1.165, 1.54) is 20.8 Å². The Morgan fingerprint density at radius 1 is 0.533 bits per heavy atom. The molecule has 29 heteroatoms. The Balaban J connectivity index is 0.909. The molecule has 0 radical (unpaired) electrons. The molecule has 0 aromatic rings. The van der Waals surface area contributed by atoms with Gasteiger partial charge in [-0.25, -0.2) is 0 Å². The van der Waals surface area contributed by atoms with E-state index >= 15 is 4.79 Å². The number of aliphatic hydroxyl groups is 14. The summed E-state index contributed by atoms with van der Waals surface area (Å²) in [5.41, 5.74) is -4.26. The maximum absolute atomic E-state index is 15.8. The second-order valence-electron chi connectivity index (χ2n) is 29.9. The van der Waals surface area contributed by atoms with Gasteiger partial charge in [-0.3, -0.25) is 14.4 Å². The number of aliphatic hydroxyl groups excluding tert-OH is 14. The number of hydrogen-bond donors (Lipinski definition) is 14. The van der Waals surface area contributed by atoms with Gasteiger partial charge < -0.3 is 128 Å². The smallest absolute Gasteiger partial charge is 0.317 e. The van der Waals surface area contributed by atoms with Crippen LogP contribution in [0.3, 0.4) is 0 Å². The molecule has 0 amide bonds. The molecular weight excluding hydrogens is 1220 g/mol. The summed E-state index contributed by atoms with van der Waals surface area (Å²) in [4.78, 5) is 41.3. The molecular formula is C63H100O29. The Kier molecular flexibility index (Phi) is 20.7. The van der Waals surface area contributed by atoms with Gasteiger partial charge in [0.1, 0.15) is 84.8 Å². The van der Waals surface area contributed by atoms with E-state index in [0.717, 1.165) is 19.4 Å². The Hall–Kier alpha value is -2.77. The van der Waals surface area contributed by atoms with Crippen molar-refractivity contribution in [1.29, 1.82) is 0 Å². The first kappa shape index (κ1) is 72.0. The standard InChI is InChI=1S/C63H100O29/c1-24-37(71)39(73)41(75)53(82-24)89-48-32(69)22-81-52(45(48)79)88-47-26(3)83-55(49(44(47)78)86-28(5)67)90-50-43(77)46(85-27(4)66)25(2)84-56(50)92-57(80)63-17-16-58(6,7)18-30(63)29-12-13-35-59(8)19-31(68)51(91-54-42(76)40(74)38(72)33(21-64)87-54)60(9,23-65)34(59)14-15-61(35,10)62(29,11)20-36(63)70/h12,24-26,30-56,64-65,68-79H,13-23H2,1-11H3/t24-,25+,26-,30-,31-,32+,33+,34+,35+,36+,37-,38+,39+,40-,41+,42+,43-,44+,45+,46-,47-,48-,49+,50+,51-,52-,53-,54-,55-,56-,59-,60-,61+,62+,63+/m0/s1. The molecule has 14 N–H and O–H groups in total. The van der Waals surface area contributed by atoms with Gasteiger partial charge in [0.2, 0.25) is 6.29 Å². The minimum atomic E-state index is -1.90. The molecule has 0 bridgehead atoms. The third-order valence-corrected chi connectivity index (χ3v) is 23.7. The molecule has 5 saturated heterocycles. The topological polar surface area (TPSA) is 445 Å². The van der Waals surface area contributed by atoms with Crippen LogP contribution in [-0.4, -0.2) is 275 Å². The molecule has 10 aliphatic rings. The van der Waals surface area contributed by atoms with Crippen LogP contribution in [0.25, 0.3) is 0 Å². The summed E-state index contributed by atoms with van der Waals surface area (Å²) < 4.78 is 71.7. The van der Waals surface area contributed by atoms with Gasteiger partial charge in [0.05, 0.1) is 56.4 Å². The van der Waals surface area contributed by atoms with Crippen molar-refractivity contribution in [3.05, 3.63) is 11.6 Å². The number of hydrogen-bond acceptors (Lipinski definition) is 29. The Morgan fingerprint density at radius 2 is 1.11 bits per heavy atom. The predicted octanol–water partition coefficient (Wildman–Crippen LogP) is -2.43. The lowest BCUT2D eigenvalue weighted by Gasteiger charge is -2.72. The molecule has 9 fully saturated rings. The minimum absolute atomic E-state index is 0.0863. The summed E-state index contributed by atoms with van der Waals surface area (Å²) >= 11 is 0. The lowest BCUT2D eigenvalue weighted by atomic mass is 9.33. The fourth-order valence-corrected chi connectivity index (χ4v) is 18.5. The van der Waals surface area contributed by atoms with Crippen LogP contribution in [0.1, 0.15) is 128 Å². The molecule has 0 aromatic carbocycles. The first-order valence-corrected chi connectivity index (χ1v) is 32.4. The zero-order chi connectivity index (χ0) is 67.6. The van der Waals surface area contributed by atoms with Crippen LogP contribution in [0.2, 0.25) is 0 Å². The molecule has 526 valence electrons. The first-order valence-electron chi connectivity index (χ1n) is 32.4. The number of esters is 3. The summed E-state index contributed by atoms with van der Waals surface area (Å²) in [5.74, 6) is -3.76. The molecule has 29 nitrogen and oxygen atoms in total. The molecule has 5 aliphatic heterocycles. The van der Waals surface area contributed by atoms with E-state index in [1.807, 2.05) is 6.92 Å². The summed E-state index contributed by atoms with van der Waals surface area (Å²) in [7, 11) is 0. The molecule has 92 heavy (non-hydrogen) atoms. The van der Waals surface area contributed by atoms with Crippen molar-refractivity contribution in [3.8, 4) is 0 Å². The molecule has 0 aromatic heterocycles. The van der Waals surface area contributed by atoms with E-state index in [2.05, 4.69) is 40.7 Å². The second kappa shape index (κ2) is 26.5. The molecule has 4 saturated carbocycles. The van der Waals surface area contributed by atoms with Gasteiger partial charge in [0.25, 0.3) is 0 Å². The zero-order valence-corrected chi connectivity index (χ0v) is 54.1. The second-order valence-corrected chi connectivity index (χ2v) is 29.9.